The maximum absolute atomic E-state index is 12.5. The zero-order valence-electron chi connectivity index (χ0n) is 15.3. The number of hydrogen-bond donors (Lipinski definition) is 4. The molecule has 3 unspecified atom stereocenters. The zero-order valence-corrected chi connectivity index (χ0v) is 15.3. The molecule has 2 aromatic carbocycles. The Morgan fingerprint density at radius 3 is 2.32 bits per heavy atom. The molecule has 2 amide bonds. The first-order valence-electron chi connectivity index (χ1n) is 9.19. The first kappa shape index (κ1) is 19.6. The molecular weight excluding hydrogens is 358 g/mol. The maximum Gasteiger partial charge on any atom is 0.326 e. The van der Waals surface area contributed by atoms with E-state index in [0.717, 1.165) is 5.56 Å². The molecule has 3 rings (SSSR count). The summed E-state index contributed by atoms with van der Waals surface area (Å²) in [5.74, 6) is -1.65. The fourth-order valence-electron chi connectivity index (χ4n) is 3.23. The third-order valence-electron chi connectivity index (χ3n) is 4.72. The predicted octanol–water partition coefficient (Wildman–Crippen LogP) is 0.959. The van der Waals surface area contributed by atoms with Crippen LogP contribution in [0.3, 0.4) is 0 Å². The molecule has 146 valence electrons. The normalized spacial score (nSPS) is 19.6. The van der Waals surface area contributed by atoms with Crippen LogP contribution in [-0.2, 0) is 16.0 Å². The van der Waals surface area contributed by atoms with Gasteiger partial charge >= 0.3 is 5.97 Å². The molecule has 7 heteroatoms. The number of carbonyl (C=O) groups excluding carboxylic acids is 2. The SMILES string of the molecule is O=C(NC1CNC(C(=O)NC(Cc2ccccc2)C(=O)O)C1)c1ccccc1. The molecule has 0 aromatic heterocycles. The maximum atomic E-state index is 12.5. The van der Waals surface area contributed by atoms with Crippen molar-refractivity contribution in [3.8, 4) is 0 Å². The topological polar surface area (TPSA) is 108 Å². The van der Waals surface area contributed by atoms with E-state index in [0.29, 0.717) is 18.5 Å². The molecule has 1 fully saturated rings. The van der Waals surface area contributed by atoms with Crippen LogP contribution in [0.5, 0.6) is 0 Å². The summed E-state index contributed by atoms with van der Waals surface area (Å²) in [6.07, 6.45) is 0.616. The molecular formula is C21H23N3O4. The summed E-state index contributed by atoms with van der Waals surface area (Å²) in [7, 11) is 0. The van der Waals surface area contributed by atoms with Gasteiger partial charge in [0.25, 0.3) is 5.91 Å². The Balaban J connectivity index is 1.53. The Morgan fingerprint density at radius 1 is 1.04 bits per heavy atom. The van der Waals surface area contributed by atoms with E-state index in [1.807, 2.05) is 36.4 Å². The van der Waals surface area contributed by atoms with Crippen LogP contribution in [0.2, 0.25) is 0 Å². The largest absolute Gasteiger partial charge is 0.480 e. The van der Waals surface area contributed by atoms with Crippen LogP contribution in [0.4, 0.5) is 0 Å². The van der Waals surface area contributed by atoms with Crippen molar-refractivity contribution >= 4 is 17.8 Å². The van der Waals surface area contributed by atoms with Crippen molar-refractivity contribution in [3.05, 3.63) is 71.8 Å². The number of carbonyl (C=O) groups is 3. The number of rotatable bonds is 7. The Kier molecular flexibility index (Phi) is 6.39. The smallest absolute Gasteiger partial charge is 0.326 e. The highest BCUT2D eigenvalue weighted by Crippen LogP contribution is 2.10. The summed E-state index contributed by atoms with van der Waals surface area (Å²) in [6.45, 7) is 0.451. The molecule has 4 N–H and O–H groups in total. The van der Waals surface area contributed by atoms with Gasteiger partial charge in [0.2, 0.25) is 5.91 Å². The minimum absolute atomic E-state index is 0.194. The summed E-state index contributed by atoms with van der Waals surface area (Å²) in [5.41, 5.74) is 1.40. The minimum atomic E-state index is -1.08. The lowest BCUT2D eigenvalue weighted by Crippen LogP contribution is -2.49. The molecule has 3 atom stereocenters. The van der Waals surface area contributed by atoms with Gasteiger partial charge in [0.15, 0.2) is 0 Å². The van der Waals surface area contributed by atoms with Crippen LogP contribution in [0.25, 0.3) is 0 Å². The second kappa shape index (κ2) is 9.14. The fourth-order valence-corrected chi connectivity index (χ4v) is 3.23. The summed E-state index contributed by atoms with van der Waals surface area (Å²) in [4.78, 5) is 36.3. The minimum Gasteiger partial charge on any atom is -0.480 e. The monoisotopic (exact) mass is 381 g/mol. The third kappa shape index (κ3) is 5.17. The lowest BCUT2D eigenvalue weighted by molar-refractivity contribution is -0.142. The molecule has 0 bridgehead atoms. The molecule has 0 radical (unpaired) electrons. The first-order chi connectivity index (χ1) is 13.5. The van der Waals surface area contributed by atoms with Gasteiger partial charge in [-0.05, 0) is 24.1 Å². The number of amides is 2. The van der Waals surface area contributed by atoms with Crippen molar-refractivity contribution in [1.82, 2.24) is 16.0 Å². The van der Waals surface area contributed by atoms with Gasteiger partial charge < -0.3 is 21.1 Å². The Labute approximate surface area is 163 Å². The van der Waals surface area contributed by atoms with Crippen LogP contribution in [0.15, 0.2) is 60.7 Å². The highest BCUT2D eigenvalue weighted by atomic mass is 16.4. The summed E-state index contributed by atoms with van der Waals surface area (Å²) in [6, 6.07) is 16.3. The van der Waals surface area contributed by atoms with E-state index in [1.165, 1.54) is 0 Å². The van der Waals surface area contributed by atoms with Crippen LogP contribution < -0.4 is 16.0 Å². The Hall–Kier alpha value is -3.19. The van der Waals surface area contributed by atoms with Crippen LogP contribution in [0.1, 0.15) is 22.3 Å². The second-order valence-corrected chi connectivity index (χ2v) is 6.82. The molecule has 2 aromatic rings. The van der Waals surface area contributed by atoms with Crippen LogP contribution >= 0.6 is 0 Å². The lowest BCUT2D eigenvalue weighted by Gasteiger charge is -2.18. The predicted molar refractivity (Wildman–Crippen MR) is 104 cm³/mol. The number of benzene rings is 2. The van der Waals surface area contributed by atoms with E-state index >= 15 is 0 Å². The number of hydrogen-bond acceptors (Lipinski definition) is 4. The average molecular weight is 381 g/mol. The summed E-state index contributed by atoms with van der Waals surface area (Å²) >= 11 is 0. The molecule has 28 heavy (non-hydrogen) atoms. The van der Waals surface area contributed by atoms with E-state index < -0.39 is 18.1 Å². The van der Waals surface area contributed by atoms with Crippen molar-refractivity contribution in [3.63, 3.8) is 0 Å². The third-order valence-corrected chi connectivity index (χ3v) is 4.72. The van der Waals surface area contributed by atoms with Gasteiger partial charge in [0.05, 0.1) is 6.04 Å². The van der Waals surface area contributed by atoms with Gasteiger partial charge in [-0.25, -0.2) is 4.79 Å². The number of carboxylic acids is 1. The van der Waals surface area contributed by atoms with E-state index in [1.54, 1.807) is 24.3 Å². The van der Waals surface area contributed by atoms with Crippen molar-refractivity contribution in [2.45, 2.75) is 31.0 Å². The standard InChI is InChI=1S/C21H23N3O4/c25-19(15-9-5-2-6-10-15)23-16-12-17(22-13-16)20(26)24-18(21(27)28)11-14-7-3-1-4-8-14/h1-10,16-18,22H,11-13H2,(H,23,25)(H,24,26)(H,27,28). The van der Waals surface area contributed by atoms with E-state index in [-0.39, 0.29) is 24.3 Å². The van der Waals surface area contributed by atoms with Crippen molar-refractivity contribution in [1.29, 1.82) is 0 Å². The van der Waals surface area contributed by atoms with Crippen molar-refractivity contribution in [2.24, 2.45) is 0 Å². The van der Waals surface area contributed by atoms with Crippen molar-refractivity contribution in [2.75, 3.05) is 6.54 Å². The van der Waals surface area contributed by atoms with Gasteiger partial charge in [-0.1, -0.05) is 48.5 Å². The lowest BCUT2D eigenvalue weighted by atomic mass is 10.1. The highest BCUT2D eigenvalue weighted by molar-refractivity contribution is 5.94. The molecule has 1 aliphatic rings. The molecule has 0 aliphatic carbocycles. The average Bonchev–Trinajstić information content (AvgIpc) is 3.17. The number of carboxylic acid groups (broad SMARTS) is 1. The Morgan fingerprint density at radius 2 is 1.68 bits per heavy atom. The molecule has 0 spiro atoms. The van der Waals surface area contributed by atoms with Crippen molar-refractivity contribution < 1.29 is 19.5 Å². The van der Waals surface area contributed by atoms with Gasteiger partial charge in [-0.15, -0.1) is 0 Å². The molecule has 0 saturated carbocycles. The van der Waals surface area contributed by atoms with E-state index in [4.69, 9.17) is 0 Å². The van der Waals surface area contributed by atoms with Gasteiger partial charge in [-0.3, -0.25) is 9.59 Å². The quantitative estimate of drug-likeness (QED) is 0.571. The molecule has 1 saturated heterocycles. The molecule has 7 nitrogen and oxygen atoms in total. The summed E-state index contributed by atoms with van der Waals surface area (Å²) < 4.78 is 0. The van der Waals surface area contributed by atoms with Crippen LogP contribution in [0, 0.1) is 0 Å². The Bertz CT molecular complexity index is 826. The summed E-state index contributed by atoms with van der Waals surface area (Å²) in [5, 5.41) is 18.0. The highest BCUT2D eigenvalue weighted by Gasteiger charge is 2.32. The number of nitrogens with one attached hydrogen (secondary N) is 3. The van der Waals surface area contributed by atoms with Gasteiger partial charge in [0, 0.05) is 24.6 Å². The molecule has 1 heterocycles. The van der Waals surface area contributed by atoms with Gasteiger partial charge in [-0.2, -0.15) is 0 Å². The zero-order chi connectivity index (χ0) is 19.9. The van der Waals surface area contributed by atoms with Gasteiger partial charge in [0.1, 0.15) is 6.04 Å². The van der Waals surface area contributed by atoms with Crippen LogP contribution in [-0.4, -0.2) is 47.6 Å². The molecule has 1 aliphatic heterocycles. The van der Waals surface area contributed by atoms with E-state index in [2.05, 4.69) is 16.0 Å². The van der Waals surface area contributed by atoms with E-state index in [9.17, 15) is 19.5 Å². The fraction of sp³-hybridized carbons (Fsp3) is 0.286. The second-order valence-electron chi connectivity index (χ2n) is 6.82. The first-order valence-corrected chi connectivity index (χ1v) is 9.19. The number of aliphatic carboxylic acids is 1.